The van der Waals surface area contributed by atoms with Gasteiger partial charge in [-0.05, 0) is 55.5 Å². The number of hydrogen-bond donors (Lipinski definition) is 1. The van der Waals surface area contributed by atoms with E-state index in [9.17, 15) is 23.3 Å². The molecule has 0 bridgehead atoms. The first kappa shape index (κ1) is 28.4. The smallest absolute Gasteiger partial charge is 0.273 e. The Morgan fingerprint density at radius 3 is 2.38 bits per heavy atom. The summed E-state index contributed by atoms with van der Waals surface area (Å²) in [5.41, 5.74) is 0.180. The topological polar surface area (TPSA) is 128 Å². The van der Waals surface area contributed by atoms with Crippen LogP contribution in [0, 0.1) is 17.0 Å². The summed E-state index contributed by atoms with van der Waals surface area (Å²) in [7, 11) is -3.19. The average molecular weight is 582 g/mol. The van der Waals surface area contributed by atoms with Gasteiger partial charge in [0.05, 0.1) is 28.3 Å². The minimum atomic E-state index is -4.52. The second kappa shape index (κ2) is 12.1. The number of nitro benzene ring substituents is 1. The number of carbonyl (C=O) groups excluding carboxylic acids is 1. The van der Waals surface area contributed by atoms with Crippen molar-refractivity contribution >= 4 is 44.6 Å². The van der Waals surface area contributed by atoms with Gasteiger partial charge in [-0.1, -0.05) is 48.0 Å². The molecule has 0 atom stereocenters. The van der Waals surface area contributed by atoms with Crippen molar-refractivity contribution in [3.05, 3.63) is 112 Å². The molecule has 0 saturated heterocycles. The highest BCUT2D eigenvalue weighted by Crippen LogP contribution is 2.36. The molecule has 4 aromatic carbocycles. The molecule has 0 aliphatic carbocycles. The summed E-state index contributed by atoms with van der Waals surface area (Å²) in [6.07, 6.45) is 0. The molecule has 12 heteroatoms. The first-order valence-electron chi connectivity index (χ1n) is 11.8. The molecule has 1 N–H and O–H groups in total. The fourth-order valence-electron chi connectivity index (χ4n) is 3.83. The molecule has 0 saturated carbocycles. The number of nitrogens with one attached hydrogen (secondary N) is 1. The third-order valence-corrected chi connectivity index (χ3v) is 7.79. The van der Waals surface area contributed by atoms with E-state index in [4.69, 9.17) is 21.1 Å². The number of nitrogens with zero attached hydrogens (tertiary/aromatic N) is 2. The zero-order valence-corrected chi connectivity index (χ0v) is 23.0. The molecule has 40 heavy (non-hydrogen) atoms. The molecule has 4 aromatic rings. The quantitative estimate of drug-likeness (QED) is 0.175. The summed E-state index contributed by atoms with van der Waals surface area (Å²) in [6, 6.07) is 23.4. The number of amides is 1. The lowest BCUT2D eigenvalue weighted by Gasteiger charge is -2.26. The maximum Gasteiger partial charge on any atom is 0.273 e. The van der Waals surface area contributed by atoms with Crippen LogP contribution in [0.25, 0.3) is 0 Å². The van der Waals surface area contributed by atoms with Crippen molar-refractivity contribution in [3.63, 3.8) is 0 Å². The minimum absolute atomic E-state index is 0.0257. The number of aryl methyl sites for hydroxylation is 1. The monoisotopic (exact) mass is 581 g/mol. The molecule has 0 aliphatic rings. The number of benzene rings is 4. The molecule has 0 aliphatic heterocycles. The Hall–Kier alpha value is -4.61. The van der Waals surface area contributed by atoms with Crippen LogP contribution in [-0.4, -0.2) is 32.9 Å². The number of carbonyl (C=O) groups is 1. The predicted octanol–water partition coefficient (Wildman–Crippen LogP) is 6.19. The average Bonchev–Trinajstić information content (AvgIpc) is 2.93. The Balaban J connectivity index is 1.72. The normalized spacial score (nSPS) is 11.0. The number of rotatable bonds is 10. The highest BCUT2D eigenvalue weighted by molar-refractivity contribution is 7.92. The summed E-state index contributed by atoms with van der Waals surface area (Å²) >= 11 is 6.18. The third kappa shape index (κ3) is 6.33. The molecule has 4 rings (SSSR count). The van der Waals surface area contributed by atoms with Crippen LogP contribution in [0.15, 0.2) is 95.9 Å². The predicted molar refractivity (Wildman–Crippen MR) is 152 cm³/mol. The van der Waals surface area contributed by atoms with Gasteiger partial charge in [0.2, 0.25) is 5.91 Å². The van der Waals surface area contributed by atoms with Crippen LogP contribution < -0.4 is 19.1 Å². The molecule has 0 fully saturated rings. The highest BCUT2D eigenvalue weighted by atomic mass is 35.5. The zero-order valence-electron chi connectivity index (χ0n) is 21.4. The Morgan fingerprint density at radius 2 is 1.68 bits per heavy atom. The third-order valence-electron chi connectivity index (χ3n) is 5.79. The van der Waals surface area contributed by atoms with Crippen LogP contribution in [0.1, 0.15) is 5.56 Å². The summed E-state index contributed by atoms with van der Waals surface area (Å²) in [4.78, 5) is 23.8. The van der Waals surface area contributed by atoms with E-state index in [0.717, 1.165) is 10.4 Å². The van der Waals surface area contributed by atoms with Gasteiger partial charge in [0, 0.05) is 16.7 Å². The minimum Gasteiger partial charge on any atom is -0.495 e. The lowest BCUT2D eigenvalue weighted by Crippen LogP contribution is -2.38. The van der Waals surface area contributed by atoms with Crippen LogP contribution >= 0.6 is 11.6 Å². The number of ether oxygens (including phenoxy) is 2. The van der Waals surface area contributed by atoms with E-state index >= 15 is 0 Å². The maximum absolute atomic E-state index is 13.9. The van der Waals surface area contributed by atoms with Gasteiger partial charge in [0.25, 0.3) is 15.7 Å². The Kier molecular flexibility index (Phi) is 8.56. The van der Waals surface area contributed by atoms with Crippen molar-refractivity contribution < 1.29 is 27.6 Å². The van der Waals surface area contributed by atoms with Gasteiger partial charge in [-0.3, -0.25) is 19.2 Å². The molecule has 1 amide bonds. The lowest BCUT2D eigenvalue weighted by molar-refractivity contribution is -0.385. The van der Waals surface area contributed by atoms with Crippen LogP contribution in [0.3, 0.4) is 0 Å². The van der Waals surface area contributed by atoms with Crippen molar-refractivity contribution in [2.24, 2.45) is 0 Å². The van der Waals surface area contributed by atoms with Crippen molar-refractivity contribution in [3.8, 4) is 17.2 Å². The van der Waals surface area contributed by atoms with E-state index in [1.807, 2.05) is 6.07 Å². The van der Waals surface area contributed by atoms with Crippen LogP contribution in [-0.2, 0) is 14.8 Å². The zero-order chi connectivity index (χ0) is 28.9. The molecule has 206 valence electrons. The van der Waals surface area contributed by atoms with Gasteiger partial charge < -0.3 is 14.8 Å². The van der Waals surface area contributed by atoms with E-state index in [-0.39, 0.29) is 32.6 Å². The Labute approximate surface area is 235 Å². The Morgan fingerprint density at radius 1 is 0.975 bits per heavy atom. The largest absolute Gasteiger partial charge is 0.495 e. The number of para-hydroxylation sites is 3. The number of nitro groups is 1. The van der Waals surface area contributed by atoms with E-state index in [2.05, 4.69) is 5.32 Å². The van der Waals surface area contributed by atoms with E-state index in [1.54, 1.807) is 48.5 Å². The van der Waals surface area contributed by atoms with Crippen molar-refractivity contribution in [1.29, 1.82) is 0 Å². The summed E-state index contributed by atoms with van der Waals surface area (Å²) in [5.74, 6) is 0.288. The number of anilines is 2. The Bertz CT molecular complexity index is 1660. The maximum atomic E-state index is 13.9. The van der Waals surface area contributed by atoms with E-state index < -0.39 is 27.4 Å². The number of halogens is 1. The number of methoxy groups -OCH3 is 1. The first-order valence-corrected chi connectivity index (χ1v) is 13.6. The van der Waals surface area contributed by atoms with Crippen molar-refractivity contribution in [1.82, 2.24) is 0 Å². The fourth-order valence-corrected chi connectivity index (χ4v) is 5.44. The summed E-state index contributed by atoms with van der Waals surface area (Å²) in [5, 5.41) is 14.4. The van der Waals surface area contributed by atoms with Gasteiger partial charge in [-0.15, -0.1) is 0 Å². The van der Waals surface area contributed by atoms with Gasteiger partial charge >= 0.3 is 0 Å². The number of hydrogen-bond acceptors (Lipinski definition) is 7. The van der Waals surface area contributed by atoms with Gasteiger partial charge in [-0.2, -0.15) is 0 Å². The summed E-state index contributed by atoms with van der Waals surface area (Å²) in [6.45, 7) is 0.787. The van der Waals surface area contributed by atoms with Crippen molar-refractivity contribution in [2.45, 2.75) is 11.8 Å². The molecule has 10 nitrogen and oxygen atoms in total. The van der Waals surface area contributed by atoms with Gasteiger partial charge in [0.1, 0.15) is 18.0 Å². The molecular weight excluding hydrogens is 558 g/mol. The van der Waals surface area contributed by atoms with E-state index in [1.165, 1.54) is 44.4 Å². The molecule has 0 aromatic heterocycles. The van der Waals surface area contributed by atoms with Crippen LogP contribution in [0.5, 0.6) is 17.2 Å². The second-order valence-corrected chi connectivity index (χ2v) is 10.8. The first-order chi connectivity index (χ1) is 19.1. The van der Waals surface area contributed by atoms with Gasteiger partial charge in [-0.25, -0.2) is 8.42 Å². The van der Waals surface area contributed by atoms with Crippen LogP contribution in [0.4, 0.5) is 17.1 Å². The van der Waals surface area contributed by atoms with E-state index in [0.29, 0.717) is 17.2 Å². The lowest BCUT2D eigenvalue weighted by atomic mass is 10.2. The second-order valence-electron chi connectivity index (χ2n) is 8.49. The molecule has 0 radical (unpaired) electrons. The molecule has 0 unspecified atom stereocenters. The van der Waals surface area contributed by atoms with Crippen LogP contribution in [0.2, 0.25) is 5.02 Å². The molecule has 0 spiro atoms. The van der Waals surface area contributed by atoms with Gasteiger partial charge in [0.15, 0.2) is 5.75 Å². The highest BCUT2D eigenvalue weighted by Gasteiger charge is 2.31. The van der Waals surface area contributed by atoms with Crippen molar-refractivity contribution in [2.75, 3.05) is 23.3 Å². The summed E-state index contributed by atoms with van der Waals surface area (Å²) < 4.78 is 39.8. The molecular formula is C28H24ClN3O7S. The SMILES string of the molecule is COc1ccc(Cl)cc1N(CC(=O)Nc1ccccc1Oc1ccccc1)S(=O)(=O)c1ccc(C)c([N+](=O)[O-])c1. The standard InChI is InChI=1S/C28H24ClN3O7S/c1-19-12-14-22(17-24(19)32(34)35)40(36,37)31(25-16-20(29)13-15-27(25)38-2)18-28(33)30-23-10-6-7-11-26(23)39-21-8-4-3-5-9-21/h3-17H,18H2,1-2H3,(H,30,33). The fraction of sp³-hybridized carbons (Fsp3) is 0.107. The molecule has 0 heterocycles. The number of sulfonamides is 1.